The molecule has 0 unspecified atom stereocenters. The molecule has 1 amide bonds. The average Bonchev–Trinajstić information content (AvgIpc) is 2.76. The maximum absolute atomic E-state index is 12.2. The van der Waals surface area contributed by atoms with Crippen LogP contribution in [-0.4, -0.2) is 42.5 Å². The average molecular weight is 514 g/mol. The van der Waals surface area contributed by atoms with Gasteiger partial charge in [-0.1, -0.05) is 6.07 Å². The Morgan fingerprint density at radius 1 is 1.03 bits per heavy atom. The van der Waals surface area contributed by atoms with E-state index in [2.05, 4.69) is 5.32 Å². The first-order chi connectivity index (χ1) is 16.5. The fourth-order valence-corrected chi connectivity index (χ4v) is 5.41. The van der Waals surface area contributed by atoms with E-state index in [0.29, 0.717) is 32.9 Å². The fraction of sp³-hybridized carbons (Fsp3) is 0.125. The quantitative estimate of drug-likeness (QED) is 0.246. The number of nitrogens with one attached hydrogen (secondary N) is 1. The third-order valence-corrected chi connectivity index (χ3v) is 7.69. The molecule has 0 fully saturated rings. The van der Waals surface area contributed by atoms with Gasteiger partial charge in [0.25, 0.3) is 0 Å². The molecular formula is C24H19NO8S2. The molecule has 11 heteroatoms. The number of carbonyl (C=O) groups excluding carboxylic acids is 1. The van der Waals surface area contributed by atoms with Crippen molar-refractivity contribution in [2.24, 2.45) is 0 Å². The molecule has 3 N–H and O–H groups in total. The summed E-state index contributed by atoms with van der Waals surface area (Å²) in [5.41, 5.74) is 1.39. The van der Waals surface area contributed by atoms with Gasteiger partial charge in [-0.25, -0.2) is 13.2 Å². The van der Waals surface area contributed by atoms with Crippen LogP contribution in [0, 0.1) is 0 Å². The van der Waals surface area contributed by atoms with E-state index >= 15 is 0 Å². The summed E-state index contributed by atoms with van der Waals surface area (Å²) < 4.78 is 28.2. The molecule has 2 aliphatic rings. The van der Waals surface area contributed by atoms with E-state index in [-0.39, 0.29) is 45.9 Å². The summed E-state index contributed by atoms with van der Waals surface area (Å²) in [6.07, 6.45) is 0.981. The molecule has 2 aromatic rings. The molecule has 0 bridgehead atoms. The molecule has 0 saturated carbocycles. The summed E-state index contributed by atoms with van der Waals surface area (Å²) in [6, 6.07) is 13.0. The van der Waals surface area contributed by atoms with Gasteiger partial charge in [0.15, 0.2) is 14.3 Å². The van der Waals surface area contributed by atoms with E-state index in [1.54, 1.807) is 12.1 Å². The lowest BCUT2D eigenvalue weighted by atomic mass is 9.90. The molecule has 180 valence electrons. The third-order valence-electron chi connectivity index (χ3n) is 5.11. The molecule has 0 aromatic heterocycles. The summed E-state index contributed by atoms with van der Waals surface area (Å²) >= 11 is 0. The Hall–Kier alpha value is -3.83. The molecule has 1 aliphatic carbocycles. The minimum absolute atomic E-state index is 0.0598. The topological polar surface area (TPSA) is 151 Å². The summed E-state index contributed by atoms with van der Waals surface area (Å²) in [4.78, 5) is 36.3. The van der Waals surface area contributed by atoms with Crippen molar-refractivity contribution in [1.29, 1.82) is 0 Å². The smallest absolute Gasteiger partial charge is 0.336 e. The van der Waals surface area contributed by atoms with Gasteiger partial charge in [-0.2, -0.15) is 0 Å². The second-order valence-electron chi connectivity index (χ2n) is 7.71. The Morgan fingerprint density at radius 2 is 1.77 bits per heavy atom. The lowest BCUT2D eigenvalue weighted by Crippen LogP contribution is -2.13. The highest BCUT2D eigenvalue weighted by Gasteiger charge is 2.22. The number of carboxylic acids is 1. The van der Waals surface area contributed by atoms with Crippen LogP contribution in [0.25, 0.3) is 33.4 Å². The van der Waals surface area contributed by atoms with Crippen LogP contribution in [0.5, 0.6) is 5.75 Å². The molecular weight excluding hydrogens is 494 g/mol. The van der Waals surface area contributed by atoms with Crippen LogP contribution >= 0.6 is 10.8 Å². The fourth-order valence-electron chi connectivity index (χ4n) is 3.68. The zero-order chi connectivity index (χ0) is 25.3. The van der Waals surface area contributed by atoms with Crippen LogP contribution in [0.4, 0.5) is 5.69 Å². The number of phenolic OH excluding ortho intramolecular Hbond substituents is 1. The van der Waals surface area contributed by atoms with Crippen molar-refractivity contribution in [3.63, 3.8) is 0 Å². The first-order valence-electron chi connectivity index (χ1n) is 10.2. The van der Waals surface area contributed by atoms with Gasteiger partial charge in [0.2, 0.25) is 5.91 Å². The number of benzene rings is 3. The van der Waals surface area contributed by atoms with Gasteiger partial charge in [-0.05, 0) is 52.8 Å². The Kier molecular flexibility index (Phi) is 6.55. The lowest BCUT2D eigenvalue weighted by molar-refractivity contribution is -0.115. The summed E-state index contributed by atoms with van der Waals surface area (Å²) in [5.74, 6) is -1.48. The van der Waals surface area contributed by atoms with Crippen molar-refractivity contribution >= 4 is 48.2 Å². The molecule has 35 heavy (non-hydrogen) atoms. The summed E-state index contributed by atoms with van der Waals surface area (Å²) in [5, 5.41) is 23.0. The number of phenols is 1. The van der Waals surface area contributed by atoms with Crippen molar-refractivity contribution in [2.75, 3.05) is 17.3 Å². The monoisotopic (exact) mass is 513 g/mol. The van der Waals surface area contributed by atoms with Crippen molar-refractivity contribution in [2.45, 2.75) is 6.42 Å². The second-order valence-corrected chi connectivity index (χ2v) is 12.3. The Labute approximate surface area is 203 Å². The largest absolute Gasteiger partial charge is 0.508 e. The highest BCUT2D eigenvalue weighted by molar-refractivity contribution is 8.71. The van der Waals surface area contributed by atoms with E-state index in [0.717, 1.165) is 6.26 Å². The van der Waals surface area contributed by atoms with E-state index in [9.17, 15) is 33.0 Å². The molecule has 1 heterocycles. The minimum atomic E-state index is -3.27. The summed E-state index contributed by atoms with van der Waals surface area (Å²) in [6.45, 7) is 0. The van der Waals surface area contributed by atoms with Crippen LogP contribution < -0.4 is 10.7 Å². The highest BCUT2D eigenvalue weighted by Crippen LogP contribution is 2.42. The van der Waals surface area contributed by atoms with Crippen molar-refractivity contribution in [3.05, 3.63) is 70.4 Å². The predicted molar refractivity (Wildman–Crippen MR) is 134 cm³/mol. The molecule has 1 aliphatic heterocycles. The predicted octanol–water partition coefficient (Wildman–Crippen LogP) is 3.99. The Bertz CT molecular complexity index is 1610. The second kappa shape index (κ2) is 9.43. The van der Waals surface area contributed by atoms with E-state index in [1.807, 2.05) is 0 Å². The zero-order valence-electron chi connectivity index (χ0n) is 18.3. The van der Waals surface area contributed by atoms with Crippen LogP contribution in [0.3, 0.4) is 0 Å². The number of carbonyl (C=O) groups is 2. The van der Waals surface area contributed by atoms with E-state index in [4.69, 9.17) is 4.42 Å². The van der Waals surface area contributed by atoms with Crippen LogP contribution in [0.15, 0.2) is 63.8 Å². The Morgan fingerprint density at radius 3 is 2.49 bits per heavy atom. The number of amides is 1. The molecule has 0 spiro atoms. The van der Waals surface area contributed by atoms with E-state index in [1.165, 1.54) is 42.5 Å². The maximum Gasteiger partial charge on any atom is 0.336 e. The number of rotatable bonds is 7. The van der Waals surface area contributed by atoms with E-state index < -0.39 is 20.7 Å². The van der Waals surface area contributed by atoms with Gasteiger partial charge >= 0.3 is 5.97 Å². The van der Waals surface area contributed by atoms with Gasteiger partial charge in [0, 0.05) is 52.8 Å². The minimum Gasteiger partial charge on any atom is -0.508 e. The number of aromatic carboxylic acids is 1. The van der Waals surface area contributed by atoms with Gasteiger partial charge < -0.3 is 19.9 Å². The highest BCUT2D eigenvalue weighted by atomic mass is 33.1. The molecule has 4 rings (SSSR count). The van der Waals surface area contributed by atoms with Crippen molar-refractivity contribution in [1.82, 2.24) is 0 Å². The van der Waals surface area contributed by atoms with Crippen molar-refractivity contribution in [3.8, 4) is 28.2 Å². The number of anilines is 1. The number of fused-ring (bicyclic) bond motifs is 2. The molecule has 0 radical (unpaired) electrons. The third kappa shape index (κ3) is 5.47. The normalized spacial score (nSPS) is 11.6. The van der Waals surface area contributed by atoms with Crippen molar-refractivity contribution < 1.29 is 32.6 Å². The van der Waals surface area contributed by atoms with Gasteiger partial charge in [-0.3, -0.25) is 9.59 Å². The molecule has 0 atom stereocenters. The number of aromatic hydroxyl groups is 1. The maximum atomic E-state index is 12.2. The lowest BCUT2D eigenvalue weighted by Gasteiger charge is -2.17. The summed E-state index contributed by atoms with van der Waals surface area (Å²) in [7, 11) is -2.62. The zero-order valence-corrected chi connectivity index (χ0v) is 19.9. The Balaban J connectivity index is 1.80. The van der Waals surface area contributed by atoms with Gasteiger partial charge in [-0.15, -0.1) is 0 Å². The van der Waals surface area contributed by atoms with Crippen LogP contribution in [0.1, 0.15) is 16.8 Å². The standard InChI is InChI=1S/C24H19NO8S2/c1-35(31,32)34-9-8-22(28)25-13-2-5-16(19(10-13)24(29)30)23-17-6-3-14(26)11-20(17)33-21-12-15(27)4-7-18(21)23/h2-7,10-12,26H,8-9H2,1H3,(H,25,28)(H,29,30). The first kappa shape index (κ1) is 24.3. The number of carboxylic acid groups (broad SMARTS) is 1. The number of hydrogen-bond acceptors (Lipinski definition) is 8. The van der Waals surface area contributed by atoms with Crippen LogP contribution in [-0.2, 0) is 13.7 Å². The SMILES string of the molecule is CS(=O)(=O)SCCC(=O)Nc1ccc(-c2c3ccc(=O)cc-3oc3cc(O)ccc23)c(C(=O)O)c1. The van der Waals surface area contributed by atoms with Crippen LogP contribution in [0.2, 0.25) is 0 Å². The number of hydrogen-bond donors (Lipinski definition) is 3. The first-order valence-corrected chi connectivity index (χ1v) is 13.6. The van der Waals surface area contributed by atoms with Gasteiger partial charge in [0.1, 0.15) is 17.1 Å². The molecule has 2 aromatic carbocycles. The molecule has 9 nitrogen and oxygen atoms in total. The molecule has 0 saturated heterocycles. The van der Waals surface area contributed by atoms with Gasteiger partial charge in [0.05, 0.1) is 5.56 Å².